The SMILES string of the molecule is O=[SH](=O)c1cccc2ccc(Cl)cc12. The van der Waals surface area contributed by atoms with E-state index in [1.807, 2.05) is 6.07 Å². The van der Waals surface area contributed by atoms with E-state index in [1.165, 1.54) is 0 Å². The molecule has 0 unspecified atom stereocenters. The van der Waals surface area contributed by atoms with Crippen molar-refractivity contribution in [3.05, 3.63) is 41.4 Å². The zero-order valence-corrected chi connectivity index (χ0v) is 8.76. The van der Waals surface area contributed by atoms with E-state index in [0.29, 0.717) is 15.3 Å². The summed E-state index contributed by atoms with van der Waals surface area (Å²) in [6.07, 6.45) is 0. The van der Waals surface area contributed by atoms with Crippen molar-refractivity contribution < 1.29 is 8.42 Å². The lowest BCUT2D eigenvalue weighted by molar-refractivity contribution is 0.615. The van der Waals surface area contributed by atoms with E-state index < -0.39 is 10.7 Å². The second kappa shape index (κ2) is 3.59. The summed E-state index contributed by atoms with van der Waals surface area (Å²) < 4.78 is 21.8. The average molecular weight is 227 g/mol. The molecule has 0 saturated carbocycles. The molecule has 0 fully saturated rings. The van der Waals surface area contributed by atoms with Crippen LogP contribution in [0.2, 0.25) is 5.02 Å². The minimum Gasteiger partial charge on any atom is -0.227 e. The van der Waals surface area contributed by atoms with Gasteiger partial charge in [0.25, 0.3) is 0 Å². The van der Waals surface area contributed by atoms with Gasteiger partial charge in [-0.05, 0) is 23.6 Å². The predicted molar refractivity (Wildman–Crippen MR) is 57.5 cm³/mol. The van der Waals surface area contributed by atoms with Crippen LogP contribution in [0.5, 0.6) is 0 Å². The summed E-state index contributed by atoms with van der Waals surface area (Å²) in [7, 11) is -2.57. The molecule has 2 rings (SSSR count). The number of thiol groups is 1. The molecule has 0 aliphatic heterocycles. The predicted octanol–water partition coefficient (Wildman–Crippen LogP) is 2.46. The Hall–Kier alpha value is -1.06. The van der Waals surface area contributed by atoms with Crippen molar-refractivity contribution in [1.82, 2.24) is 0 Å². The molecule has 2 aromatic carbocycles. The maximum Gasteiger partial charge on any atom is 0.168 e. The Morgan fingerprint density at radius 2 is 1.86 bits per heavy atom. The molecule has 0 spiro atoms. The quantitative estimate of drug-likeness (QED) is 0.758. The molecule has 2 aromatic rings. The zero-order chi connectivity index (χ0) is 10.1. The van der Waals surface area contributed by atoms with Crippen LogP contribution in [-0.4, -0.2) is 8.42 Å². The zero-order valence-electron chi connectivity index (χ0n) is 7.11. The number of benzene rings is 2. The molecule has 0 aliphatic rings. The molecular weight excluding hydrogens is 220 g/mol. The number of fused-ring (bicyclic) bond motifs is 1. The first-order chi connectivity index (χ1) is 6.68. The molecule has 0 aliphatic carbocycles. The molecule has 0 heterocycles. The van der Waals surface area contributed by atoms with Gasteiger partial charge in [0, 0.05) is 10.4 Å². The van der Waals surface area contributed by atoms with Crippen molar-refractivity contribution in [3.63, 3.8) is 0 Å². The van der Waals surface area contributed by atoms with Crippen LogP contribution in [0.25, 0.3) is 10.8 Å². The molecule has 0 N–H and O–H groups in total. The Labute approximate surface area is 88.1 Å². The molecule has 72 valence electrons. The minimum absolute atomic E-state index is 0.319. The third-order valence-corrected chi connectivity index (χ3v) is 3.04. The van der Waals surface area contributed by atoms with Gasteiger partial charge < -0.3 is 0 Å². The Kier molecular flexibility index (Phi) is 2.44. The van der Waals surface area contributed by atoms with Crippen molar-refractivity contribution in [1.29, 1.82) is 0 Å². The lowest BCUT2D eigenvalue weighted by atomic mass is 10.1. The van der Waals surface area contributed by atoms with E-state index in [-0.39, 0.29) is 0 Å². The first-order valence-corrected chi connectivity index (χ1v) is 5.57. The number of halogens is 1. The molecule has 0 atom stereocenters. The highest BCUT2D eigenvalue weighted by atomic mass is 35.5. The molecular formula is C10H7ClO2S. The summed E-state index contributed by atoms with van der Waals surface area (Å²) in [5, 5.41) is 2.10. The fourth-order valence-corrected chi connectivity index (χ4v) is 2.16. The summed E-state index contributed by atoms with van der Waals surface area (Å²) in [5.41, 5.74) is 0. The molecule has 0 radical (unpaired) electrons. The van der Waals surface area contributed by atoms with Crippen molar-refractivity contribution in [2.75, 3.05) is 0 Å². The molecule has 0 aromatic heterocycles. The highest BCUT2D eigenvalue weighted by Gasteiger charge is 2.02. The Balaban J connectivity index is 2.91. The van der Waals surface area contributed by atoms with Gasteiger partial charge in [0.2, 0.25) is 0 Å². The molecule has 2 nitrogen and oxygen atoms in total. The van der Waals surface area contributed by atoms with Crippen LogP contribution >= 0.6 is 11.6 Å². The summed E-state index contributed by atoms with van der Waals surface area (Å²) in [6, 6.07) is 10.4. The van der Waals surface area contributed by atoms with Crippen LogP contribution in [-0.2, 0) is 10.7 Å². The second-order valence-corrected chi connectivity index (χ2v) is 4.33. The van der Waals surface area contributed by atoms with Crippen LogP contribution in [0.15, 0.2) is 41.3 Å². The normalized spacial score (nSPS) is 11.0. The largest absolute Gasteiger partial charge is 0.227 e. The lowest BCUT2D eigenvalue weighted by Crippen LogP contribution is -1.83. The molecule has 0 amide bonds. The molecule has 14 heavy (non-hydrogen) atoms. The smallest absolute Gasteiger partial charge is 0.168 e. The number of hydrogen-bond donors (Lipinski definition) is 1. The van der Waals surface area contributed by atoms with E-state index >= 15 is 0 Å². The number of rotatable bonds is 1. The monoisotopic (exact) mass is 226 g/mol. The van der Waals surface area contributed by atoms with Gasteiger partial charge >= 0.3 is 0 Å². The van der Waals surface area contributed by atoms with Gasteiger partial charge in [0.15, 0.2) is 10.7 Å². The minimum atomic E-state index is -2.57. The fraction of sp³-hybridized carbons (Fsp3) is 0. The highest BCUT2D eigenvalue weighted by Crippen LogP contribution is 2.23. The first kappa shape index (κ1) is 9.49. The van der Waals surface area contributed by atoms with Crippen molar-refractivity contribution in [2.24, 2.45) is 0 Å². The Bertz CT molecular complexity index is 553. The van der Waals surface area contributed by atoms with Crippen molar-refractivity contribution in [3.8, 4) is 0 Å². The highest BCUT2D eigenvalue weighted by molar-refractivity contribution is 7.72. The third-order valence-electron chi connectivity index (χ3n) is 2.02. The molecule has 0 bridgehead atoms. The van der Waals surface area contributed by atoms with Crippen LogP contribution in [0, 0.1) is 0 Å². The van der Waals surface area contributed by atoms with Gasteiger partial charge in [0.1, 0.15) is 0 Å². The van der Waals surface area contributed by atoms with Crippen LogP contribution in [0.4, 0.5) is 0 Å². The first-order valence-electron chi connectivity index (χ1n) is 4.01. The lowest BCUT2D eigenvalue weighted by Gasteiger charge is -2.00. The van der Waals surface area contributed by atoms with Crippen LogP contribution in [0.1, 0.15) is 0 Å². The summed E-state index contributed by atoms with van der Waals surface area (Å²) in [6.45, 7) is 0. The topological polar surface area (TPSA) is 34.1 Å². The van der Waals surface area contributed by atoms with E-state index in [2.05, 4.69) is 0 Å². The van der Waals surface area contributed by atoms with Crippen molar-refractivity contribution in [2.45, 2.75) is 4.90 Å². The number of hydrogen-bond acceptors (Lipinski definition) is 2. The van der Waals surface area contributed by atoms with Gasteiger partial charge in [-0.3, -0.25) is 0 Å². The Morgan fingerprint density at radius 1 is 1.07 bits per heavy atom. The van der Waals surface area contributed by atoms with E-state index in [1.54, 1.807) is 30.3 Å². The maximum atomic E-state index is 10.9. The van der Waals surface area contributed by atoms with Crippen LogP contribution in [0.3, 0.4) is 0 Å². The van der Waals surface area contributed by atoms with E-state index in [9.17, 15) is 8.42 Å². The van der Waals surface area contributed by atoms with Crippen LogP contribution < -0.4 is 0 Å². The molecule has 0 saturated heterocycles. The third kappa shape index (κ3) is 1.61. The summed E-state index contributed by atoms with van der Waals surface area (Å²) >= 11 is 5.80. The summed E-state index contributed by atoms with van der Waals surface area (Å²) in [4.78, 5) is 0.319. The van der Waals surface area contributed by atoms with Gasteiger partial charge in [-0.1, -0.05) is 29.8 Å². The van der Waals surface area contributed by atoms with Gasteiger partial charge in [0.05, 0.1) is 4.90 Å². The van der Waals surface area contributed by atoms with Gasteiger partial charge in [-0.2, -0.15) is 0 Å². The van der Waals surface area contributed by atoms with Gasteiger partial charge in [-0.15, -0.1) is 0 Å². The standard InChI is InChI=1S/C10H7ClO2S/c11-8-5-4-7-2-1-3-10(14(12)13)9(7)6-8/h1-6,14H. The maximum absolute atomic E-state index is 10.9. The molecule has 4 heteroatoms. The van der Waals surface area contributed by atoms with E-state index in [4.69, 9.17) is 11.6 Å². The Morgan fingerprint density at radius 3 is 2.57 bits per heavy atom. The average Bonchev–Trinajstić information content (AvgIpc) is 2.16. The summed E-state index contributed by atoms with van der Waals surface area (Å²) in [5.74, 6) is 0. The second-order valence-electron chi connectivity index (χ2n) is 2.90. The van der Waals surface area contributed by atoms with Gasteiger partial charge in [-0.25, -0.2) is 8.42 Å². The van der Waals surface area contributed by atoms with E-state index in [0.717, 1.165) is 5.39 Å². The fourth-order valence-electron chi connectivity index (χ4n) is 1.39. The van der Waals surface area contributed by atoms with Crippen molar-refractivity contribution >= 4 is 33.1 Å².